The molecule has 2 rings (SSSR count). The molecular weight excluding hydrogens is 330 g/mol. The molecule has 0 spiro atoms. The molecule has 20 heavy (non-hydrogen) atoms. The number of carboxylic acids is 1. The van der Waals surface area contributed by atoms with Crippen molar-refractivity contribution in [1.29, 1.82) is 0 Å². The van der Waals surface area contributed by atoms with Crippen LogP contribution >= 0.6 is 15.9 Å². The van der Waals surface area contributed by atoms with Crippen LogP contribution in [0.5, 0.6) is 0 Å². The summed E-state index contributed by atoms with van der Waals surface area (Å²) in [5.41, 5.74) is -0.673. The average molecular weight is 346 g/mol. The number of halogens is 1. The zero-order valence-corrected chi connectivity index (χ0v) is 13.0. The van der Waals surface area contributed by atoms with E-state index in [0.717, 1.165) is 0 Å². The predicted molar refractivity (Wildman–Crippen MR) is 73.1 cm³/mol. The van der Waals surface area contributed by atoms with E-state index in [1.807, 2.05) is 0 Å². The van der Waals surface area contributed by atoms with Crippen molar-refractivity contribution in [3.63, 3.8) is 0 Å². The van der Waals surface area contributed by atoms with Crippen LogP contribution in [-0.2, 0) is 22.6 Å². The Morgan fingerprint density at radius 1 is 1.50 bits per heavy atom. The minimum atomic E-state index is -1.07. The second-order valence-electron chi connectivity index (χ2n) is 5.57. The number of hydrogen-bond acceptors (Lipinski definition) is 4. The molecule has 7 nitrogen and oxygen atoms in total. The number of fused-ring (bicyclic) bond motifs is 1. The summed E-state index contributed by atoms with van der Waals surface area (Å²) in [5.74, 6) is -0.442. The van der Waals surface area contributed by atoms with E-state index in [4.69, 9.17) is 4.74 Å². The fourth-order valence-electron chi connectivity index (χ4n) is 1.97. The summed E-state index contributed by atoms with van der Waals surface area (Å²) in [7, 11) is 0. The van der Waals surface area contributed by atoms with Crippen molar-refractivity contribution in [2.45, 2.75) is 45.5 Å². The van der Waals surface area contributed by atoms with Gasteiger partial charge in [0.05, 0.1) is 19.3 Å². The molecule has 1 atom stereocenters. The van der Waals surface area contributed by atoms with E-state index in [-0.39, 0.29) is 13.1 Å². The monoisotopic (exact) mass is 345 g/mol. The fourth-order valence-corrected chi connectivity index (χ4v) is 2.42. The van der Waals surface area contributed by atoms with Gasteiger partial charge in [-0.25, -0.2) is 14.6 Å². The van der Waals surface area contributed by atoms with Crippen molar-refractivity contribution in [3.8, 4) is 0 Å². The average Bonchev–Trinajstić information content (AvgIpc) is 2.67. The smallest absolute Gasteiger partial charge is 0.411 e. The number of amides is 1. The molecule has 0 radical (unpaired) electrons. The highest BCUT2D eigenvalue weighted by Crippen LogP contribution is 2.24. The summed E-state index contributed by atoms with van der Waals surface area (Å²) < 4.78 is 7.69. The van der Waals surface area contributed by atoms with Crippen molar-refractivity contribution in [2.24, 2.45) is 0 Å². The van der Waals surface area contributed by atoms with Crippen molar-refractivity contribution in [3.05, 3.63) is 16.6 Å². The van der Waals surface area contributed by atoms with E-state index < -0.39 is 23.7 Å². The molecular formula is C12H16BrN3O4. The maximum atomic E-state index is 12.1. The highest BCUT2D eigenvalue weighted by molar-refractivity contribution is 9.10. The lowest BCUT2D eigenvalue weighted by molar-refractivity contribution is -0.144. The number of aromatic nitrogens is 2. The molecule has 1 aromatic heterocycles. The molecule has 0 aromatic carbocycles. The van der Waals surface area contributed by atoms with E-state index in [2.05, 4.69) is 20.9 Å². The van der Waals surface area contributed by atoms with Gasteiger partial charge >= 0.3 is 12.1 Å². The first-order chi connectivity index (χ1) is 9.19. The standard InChI is InChI=1S/C12H16BrN3O4/c1-12(2,3)20-11(19)15-6-9-14-4-8(13)16(9)5-7(15)10(17)18/h4,7H,5-6H2,1-3H3,(H,17,18). The Hall–Kier alpha value is -1.57. The summed E-state index contributed by atoms with van der Waals surface area (Å²) in [6.07, 6.45) is 0.947. The predicted octanol–water partition coefficient (Wildman–Crippen LogP) is 1.85. The largest absolute Gasteiger partial charge is 0.480 e. The number of carboxylic acid groups (broad SMARTS) is 1. The molecule has 1 aliphatic heterocycles. The van der Waals surface area contributed by atoms with Crippen LogP contribution in [0.1, 0.15) is 26.6 Å². The zero-order chi connectivity index (χ0) is 15.1. The van der Waals surface area contributed by atoms with Crippen LogP contribution in [0.3, 0.4) is 0 Å². The lowest BCUT2D eigenvalue weighted by Gasteiger charge is -2.34. The van der Waals surface area contributed by atoms with E-state index >= 15 is 0 Å². The van der Waals surface area contributed by atoms with Crippen LogP contribution in [0.25, 0.3) is 0 Å². The molecule has 1 aliphatic rings. The van der Waals surface area contributed by atoms with Gasteiger partial charge in [0.2, 0.25) is 0 Å². The van der Waals surface area contributed by atoms with Gasteiger partial charge in [0, 0.05) is 0 Å². The Labute approximate surface area is 124 Å². The van der Waals surface area contributed by atoms with Crippen LogP contribution in [0.15, 0.2) is 10.8 Å². The Morgan fingerprint density at radius 2 is 2.15 bits per heavy atom. The maximum Gasteiger partial charge on any atom is 0.411 e. The molecule has 0 fully saturated rings. The molecule has 1 aromatic rings. The first kappa shape index (κ1) is 14.8. The Bertz CT molecular complexity index is 549. The molecule has 0 aliphatic carbocycles. The third kappa shape index (κ3) is 2.95. The first-order valence-corrected chi connectivity index (χ1v) is 6.90. The van der Waals surface area contributed by atoms with Crippen molar-refractivity contribution >= 4 is 28.0 Å². The first-order valence-electron chi connectivity index (χ1n) is 6.11. The molecule has 110 valence electrons. The van der Waals surface area contributed by atoms with Gasteiger partial charge in [-0.2, -0.15) is 0 Å². The summed E-state index contributed by atoms with van der Waals surface area (Å²) in [4.78, 5) is 28.9. The second-order valence-corrected chi connectivity index (χ2v) is 6.38. The molecule has 8 heteroatoms. The molecule has 1 unspecified atom stereocenters. The maximum absolute atomic E-state index is 12.1. The lowest BCUT2D eigenvalue weighted by Crippen LogP contribution is -2.52. The highest BCUT2D eigenvalue weighted by Gasteiger charge is 2.38. The van der Waals surface area contributed by atoms with Crippen LogP contribution < -0.4 is 0 Å². The summed E-state index contributed by atoms with van der Waals surface area (Å²) in [6.45, 7) is 5.47. The SMILES string of the molecule is CC(C)(C)OC(=O)N1Cc2ncc(Br)n2CC1C(=O)O. The van der Waals surface area contributed by atoms with Crippen LogP contribution in [-0.4, -0.2) is 43.3 Å². The summed E-state index contributed by atoms with van der Waals surface area (Å²) in [6, 6.07) is -0.970. The minimum absolute atomic E-state index is 0.109. The van der Waals surface area contributed by atoms with E-state index in [1.54, 1.807) is 31.5 Å². The topological polar surface area (TPSA) is 84.7 Å². The van der Waals surface area contributed by atoms with Gasteiger partial charge in [-0.1, -0.05) is 0 Å². The van der Waals surface area contributed by atoms with Crippen molar-refractivity contribution in [2.75, 3.05) is 0 Å². The number of rotatable bonds is 1. The Balaban J connectivity index is 2.27. The Morgan fingerprint density at radius 3 is 2.70 bits per heavy atom. The number of hydrogen-bond donors (Lipinski definition) is 1. The second kappa shape index (κ2) is 5.08. The van der Waals surface area contributed by atoms with Gasteiger partial charge in [-0.05, 0) is 36.7 Å². The molecule has 0 saturated carbocycles. The van der Waals surface area contributed by atoms with E-state index in [0.29, 0.717) is 10.4 Å². The van der Waals surface area contributed by atoms with Crippen molar-refractivity contribution < 1.29 is 19.4 Å². The van der Waals surface area contributed by atoms with E-state index in [1.165, 1.54) is 4.90 Å². The lowest BCUT2D eigenvalue weighted by atomic mass is 10.2. The van der Waals surface area contributed by atoms with Gasteiger partial charge in [0.25, 0.3) is 0 Å². The number of aliphatic carboxylic acids is 1. The van der Waals surface area contributed by atoms with Gasteiger partial charge in [0.15, 0.2) is 6.04 Å². The minimum Gasteiger partial charge on any atom is -0.480 e. The molecule has 0 saturated heterocycles. The molecule has 2 heterocycles. The van der Waals surface area contributed by atoms with Gasteiger partial charge in [-0.3, -0.25) is 4.90 Å². The number of ether oxygens (including phenoxy) is 1. The van der Waals surface area contributed by atoms with Crippen LogP contribution in [0, 0.1) is 0 Å². The normalized spacial score (nSPS) is 18.6. The van der Waals surface area contributed by atoms with Crippen LogP contribution in [0.2, 0.25) is 0 Å². The third-order valence-corrected chi connectivity index (χ3v) is 3.48. The third-order valence-electron chi connectivity index (χ3n) is 2.85. The van der Waals surface area contributed by atoms with Gasteiger partial charge in [-0.15, -0.1) is 0 Å². The summed E-state index contributed by atoms with van der Waals surface area (Å²) in [5, 5.41) is 9.31. The van der Waals surface area contributed by atoms with Gasteiger partial charge < -0.3 is 14.4 Å². The number of carbonyl (C=O) groups excluding carboxylic acids is 1. The van der Waals surface area contributed by atoms with Gasteiger partial charge in [0.1, 0.15) is 16.0 Å². The summed E-state index contributed by atoms with van der Waals surface area (Å²) >= 11 is 3.31. The Kier molecular flexibility index (Phi) is 3.77. The molecule has 1 N–H and O–H groups in total. The number of carbonyl (C=O) groups is 2. The molecule has 0 bridgehead atoms. The number of imidazole rings is 1. The highest BCUT2D eigenvalue weighted by atomic mass is 79.9. The van der Waals surface area contributed by atoms with Crippen LogP contribution in [0.4, 0.5) is 4.79 Å². The fraction of sp³-hybridized carbons (Fsp3) is 0.583. The van der Waals surface area contributed by atoms with E-state index in [9.17, 15) is 14.7 Å². The number of nitrogens with zero attached hydrogens (tertiary/aromatic N) is 3. The van der Waals surface area contributed by atoms with Crippen molar-refractivity contribution in [1.82, 2.24) is 14.5 Å². The molecule has 1 amide bonds. The quantitative estimate of drug-likeness (QED) is 0.839. The zero-order valence-electron chi connectivity index (χ0n) is 11.5.